The Hall–Kier alpha value is -3.06. The summed E-state index contributed by atoms with van der Waals surface area (Å²) in [6, 6.07) is 8.16. The van der Waals surface area contributed by atoms with Gasteiger partial charge >= 0.3 is 11.9 Å². The van der Waals surface area contributed by atoms with Crippen LogP contribution in [0.1, 0.15) is 183 Å². The van der Waals surface area contributed by atoms with Gasteiger partial charge in [0.25, 0.3) is 0 Å². The third-order valence-corrected chi connectivity index (χ3v) is 11.2. The molecule has 2 aromatic rings. The fraction of sp³-hybridized carbons (Fsp3) is 0.702. The van der Waals surface area contributed by atoms with Gasteiger partial charge in [-0.15, -0.1) is 0 Å². The Bertz CT molecular complexity index is 1550. The van der Waals surface area contributed by atoms with E-state index < -0.39 is 0 Å². The summed E-state index contributed by atoms with van der Waals surface area (Å²) in [6.45, 7) is 36.5. The van der Waals surface area contributed by atoms with Gasteiger partial charge in [0.2, 0.25) is 0 Å². The van der Waals surface area contributed by atoms with Gasteiger partial charge < -0.3 is 19.7 Å². The van der Waals surface area contributed by atoms with Crippen molar-refractivity contribution >= 4 is 11.9 Å². The third-order valence-electron chi connectivity index (χ3n) is 11.2. The normalized spacial score (nSPS) is 17.6. The number of nitrogens with zero attached hydrogens (tertiary/aromatic N) is 1. The molecule has 0 spiro atoms. The highest BCUT2D eigenvalue weighted by Crippen LogP contribution is 2.43. The highest BCUT2D eigenvalue weighted by molar-refractivity contribution is 5.70. The van der Waals surface area contributed by atoms with Gasteiger partial charge in [-0.05, 0) is 102 Å². The SMILES string of the molecule is CCC(CN1C(C)(C)CC(OC(=O)CCc2cc(C(C)(C)C)c(O)c(C(C)(C)C)c2)CC1(C)C)OC(=O)CCc1cc(C(C)(C)C)c(O)c(C(C)(C)C)c1. The van der Waals surface area contributed by atoms with Gasteiger partial charge in [-0.1, -0.05) is 114 Å². The number of likely N-dealkylation sites (tertiary alicyclic amines) is 1. The van der Waals surface area contributed by atoms with Crippen LogP contribution in [0.25, 0.3) is 0 Å². The molecule has 1 atom stereocenters. The van der Waals surface area contributed by atoms with Crippen molar-refractivity contribution < 1.29 is 29.3 Å². The Morgan fingerprint density at radius 1 is 0.667 bits per heavy atom. The number of aromatic hydroxyl groups is 2. The second-order valence-electron chi connectivity index (χ2n) is 21.4. The molecule has 1 aliphatic heterocycles. The quantitative estimate of drug-likeness (QED) is 0.221. The van der Waals surface area contributed by atoms with Gasteiger partial charge in [0, 0.05) is 43.3 Å². The molecule has 1 saturated heterocycles. The minimum atomic E-state index is -0.300. The molecule has 0 aromatic heterocycles. The number of carbonyl (C=O) groups is 2. The fourth-order valence-electron chi connectivity index (χ4n) is 8.20. The molecule has 3 rings (SSSR count). The van der Waals surface area contributed by atoms with Crippen LogP contribution in [0.15, 0.2) is 24.3 Å². The molecule has 2 aromatic carbocycles. The minimum absolute atomic E-state index is 0.207. The summed E-state index contributed by atoms with van der Waals surface area (Å²) in [5.74, 6) is 0.258. The zero-order valence-corrected chi connectivity index (χ0v) is 37.1. The molecule has 1 heterocycles. The molecule has 1 aliphatic rings. The lowest BCUT2D eigenvalue weighted by molar-refractivity contribution is -0.167. The minimum Gasteiger partial charge on any atom is -0.507 e. The number of esters is 2. The van der Waals surface area contributed by atoms with Crippen molar-refractivity contribution in [2.75, 3.05) is 6.54 Å². The number of carbonyl (C=O) groups excluding carboxylic acids is 2. The van der Waals surface area contributed by atoms with Crippen molar-refractivity contribution in [3.63, 3.8) is 0 Å². The second-order valence-corrected chi connectivity index (χ2v) is 21.4. The first-order chi connectivity index (χ1) is 24.4. The van der Waals surface area contributed by atoms with Crippen LogP contribution < -0.4 is 0 Å². The van der Waals surface area contributed by atoms with Crippen LogP contribution in [0.2, 0.25) is 0 Å². The first-order valence-electron chi connectivity index (χ1n) is 20.3. The molecule has 0 aliphatic carbocycles. The summed E-state index contributed by atoms with van der Waals surface area (Å²) in [6.07, 6.45) is 3.18. The molecule has 0 saturated carbocycles. The van der Waals surface area contributed by atoms with Crippen molar-refractivity contribution in [1.82, 2.24) is 4.90 Å². The molecule has 7 heteroatoms. The highest BCUT2D eigenvalue weighted by atomic mass is 16.5. The molecule has 1 unspecified atom stereocenters. The second kappa shape index (κ2) is 16.2. The van der Waals surface area contributed by atoms with Crippen molar-refractivity contribution in [3.8, 4) is 11.5 Å². The van der Waals surface area contributed by atoms with E-state index in [9.17, 15) is 19.8 Å². The monoisotopic (exact) mass is 750 g/mol. The van der Waals surface area contributed by atoms with Crippen LogP contribution in [-0.4, -0.2) is 56.9 Å². The number of benzene rings is 2. The van der Waals surface area contributed by atoms with E-state index in [1.807, 2.05) is 24.3 Å². The first-order valence-corrected chi connectivity index (χ1v) is 20.3. The van der Waals surface area contributed by atoms with Crippen LogP contribution in [0.3, 0.4) is 0 Å². The molecular weight excluding hydrogens is 675 g/mol. The lowest BCUT2D eigenvalue weighted by atomic mass is 9.77. The smallest absolute Gasteiger partial charge is 0.306 e. The summed E-state index contributed by atoms with van der Waals surface area (Å²) in [5, 5.41) is 22.2. The Kier molecular flexibility index (Phi) is 13.6. The van der Waals surface area contributed by atoms with Crippen LogP contribution in [0.4, 0.5) is 0 Å². The summed E-state index contributed by atoms with van der Waals surface area (Å²) in [5.41, 5.74) is 4.09. The van der Waals surface area contributed by atoms with E-state index in [0.29, 0.717) is 50.1 Å². The van der Waals surface area contributed by atoms with E-state index in [4.69, 9.17) is 9.47 Å². The molecule has 7 nitrogen and oxygen atoms in total. The fourth-order valence-corrected chi connectivity index (χ4v) is 8.20. The Morgan fingerprint density at radius 2 is 1.00 bits per heavy atom. The van der Waals surface area contributed by atoms with E-state index in [1.54, 1.807) is 0 Å². The van der Waals surface area contributed by atoms with Crippen LogP contribution in [-0.2, 0) is 53.6 Å². The Labute approximate surface area is 328 Å². The Balaban J connectivity index is 1.66. The number of ether oxygens (including phenoxy) is 2. The van der Waals surface area contributed by atoms with Gasteiger partial charge in [0.15, 0.2) is 0 Å². The molecule has 2 N–H and O–H groups in total. The van der Waals surface area contributed by atoms with E-state index in [-0.39, 0.29) is 69.7 Å². The van der Waals surface area contributed by atoms with Crippen LogP contribution in [0, 0.1) is 0 Å². The number of aryl methyl sites for hydroxylation is 2. The average molecular weight is 750 g/mol. The molecular formula is C47H75NO6. The zero-order valence-electron chi connectivity index (χ0n) is 37.1. The standard InChI is InChI=1S/C47H75NO6/c1-18-32(53-38(49)21-19-30-23-34(42(2,3)4)40(51)35(24-30)43(5,6)7)29-48-46(14,15)27-33(28-47(48,16)17)54-39(50)22-20-31-25-36(44(8,9)10)41(52)37(26-31)45(11,12)13/h23-26,32-33,51-52H,18-22,27-29H2,1-17H3. The summed E-state index contributed by atoms with van der Waals surface area (Å²) in [7, 11) is 0. The first kappa shape index (κ1) is 45.3. The molecule has 54 heavy (non-hydrogen) atoms. The van der Waals surface area contributed by atoms with Crippen molar-refractivity contribution in [2.45, 2.75) is 208 Å². The van der Waals surface area contributed by atoms with Gasteiger partial charge in [0.05, 0.1) is 0 Å². The molecule has 0 radical (unpaired) electrons. The number of rotatable bonds is 11. The topological polar surface area (TPSA) is 96.3 Å². The predicted octanol–water partition coefficient (Wildman–Crippen LogP) is 10.7. The van der Waals surface area contributed by atoms with Crippen molar-refractivity contribution in [3.05, 3.63) is 57.6 Å². The van der Waals surface area contributed by atoms with Crippen molar-refractivity contribution in [2.24, 2.45) is 0 Å². The maximum Gasteiger partial charge on any atom is 0.306 e. The summed E-state index contributed by atoms with van der Waals surface area (Å²) >= 11 is 0. The van der Waals surface area contributed by atoms with Gasteiger partial charge in [-0.25, -0.2) is 0 Å². The van der Waals surface area contributed by atoms with Gasteiger partial charge in [0.1, 0.15) is 23.7 Å². The van der Waals surface area contributed by atoms with Crippen molar-refractivity contribution in [1.29, 1.82) is 0 Å². The lowest BCUT2D eigenvalue weighted by Gasteiger charge is -2.55. The maximum absolute atomic E-state index is 13.3. The molecule has 0 amide bonds. The number of phenolic OH excluding ortho intramolecular Hbond substituents is 2. The molecule has 0 bridgehead atoms. The van der Waals surface area contributed by atoms with E-state index in [1.165, 1.54) is 0 Å². The largest absolute Gasteiger partial charge is 0.507 e. The molecule has 1 fully saturated rings. The summed E-state index contributed by atoms with van der Waals surface area (Å²) in [4.78, 5) is 29.1. The zero-order chi connectivity index (χ0) is 41.4. The van der Waals surface area contributed by atoms with Gasteiger partial charge in [-0.2, -0.15) is 0 Å². The number of piperidine rings is 1. The summed E-state index contributed by atoms with van der Waals surface area (Å²) < 4.78 is 12.3. The average Bonchev–Trinajstić information content (AvgIpc) is 2.98. The Morgan fingerprint density at radius 3 is 1.31 bits per heavy atom. The van der Waals surface area contributed by atoms with E-state index in [2.05, 4.69) is 123 Å². The number of hydrogen-bond acceptors (Lipinski definition) is 7. The van der Waals surface area contributed by atoms with Crippen LogP contribution in [0.5, 0.6) is 11.5 Å². The molecule has 304 valence electrons. The number of phenols is 2. The van der Waals surface area contributed by atoms with Crippen LogP contribution >= 0.6 is 0 Å². The predicted molar refractivity (Wildman–Crippen MR) is 222 cm³/mol. The highest BCUT2D eigenvalue weighted by Gasteiger charge is 2.47. The van der Waals surface area contributed by atoms with E-state index >= 15 is 0 Å². The van der Waals surface area contributed by atoms with E-state index in [0.717, 1.165) is 33.4 Å². The number of hydrogen-bond donors (Lipinski definition) is 2. The third kappa shape index (κ3) is 11.5. The van der Waals surface area contributed by atoms with Gasteiger partial charge in [-0.3, -0.25) is 14.5 Å². The maximum atomic E-state index is 13.3. The lowest BCUT2D eigenvalue weighted by Crippen LogP contribution is -2.64.